The third-order valence-electron chi connectivity index (χ3n) is 8.96. The molecule has 0 spiro atoms. The van der Waals surface area contributed by atoms with Gasteiger partial charge in [0.1, 0.15) is 0 Å². The first-order chi connectivity index (χ1) is 23.1. The highest BCUT2D eigenvalue weighted by atomic mass is 16.7. The summed E-state index contributed by atoms with van der Waals surface area (Å²) in [6.07, 6.45) is 0. The molecule has 0 atom stereocenters. The van der Waals surface area contributed by atoms with E-state index in [1.807, 2.05) is 24.3 Å². The number of hydrogen-bond donors (Lipinski definition) is 0. The van der Waals surface area contributed by atoms with E-state index in [1.165, 1.54) is 44.5 Å². The van der Waals surface area contributed by atoms with E-state index in [1.54, 1.807) is 0 Å². The number of para-hydroxylation sites is 1. The van der Waals surface area contributed by atoms with Crippen LogP contribution in [0.2, 0.25) is 0 Å². The molecule has 0 aliphatic carbocycles. The van der Waals surface area contributed by atoms with Crippen molar-refractivity contribution in [2.24, 2.45) is 0 Å². The van der Waals surface area contributed by atoms with Gasteiger partial charge in [-0.2, -0.15) is 0 Å². The molecule has 4 aliphatic rings. The summed E-state index contributed by atoms with van der Waals surface area (Å²) in [6.45, 7) is 21.5. The molecule has 0 radical (unpaired) electrons. The molecule has 48 heavy (non-hydrogen) atoms. The average molecular weight is 653 g/mol. The van der Waals surface area contributed by atoms with Gasteiger partial charge in [-0.25, -0.2) is 0 Å². The minimum absolute atomic E-state index is 0.358. The molecular weight excluding hydrogens is 600 g/mol. The van der Waals surface area contributed by atoms with Crippen LogP contribution in [0.1, 0.15) is 124 Å². The summed E-state index contributed by atoms with van der Waals surface area (Å²) < 4.78 is 31.9. The number of hydrogen-bond acceptors (Lipinski definition) is 6. The molecule has 0 amide bonds. The second kappa shape index (κ2) is 16.4. The van der Waals surface area contributed by atoms with Crippen LogP contribution in [0.3, 0.4) is 0 Å². The Hall–Kier alpha value is -4.00. The molecule has 0 saturated heterocycles. The van der Waals surface area contributed by atoms with Crippen LogP contribution in [0.4, 0.5) is 0 Å². The fourth-order valence-electron chi connectivity index (χ4n) is 6.00. The summed E-state index contributed by atoms with van der Waals surface area (Å²) >= 11 is 0. The summed E-state index contributed by atoms with van der Waals surface area (Å²) in [5.41, 5.74) is 10.9. The standard InChI is InChI=1S/2C11H14O.2C10H12O2/c1-8(2)9-3-4-10-6-12-7-11(10)5-9;1-8(2)10-5-3-4-9-6-12-7-11(9)10;1-7(2)8-3-4-9-10(5-8)12-6-11-9;1-7(2)8-4-3-5-9-10(8)12-6-11-9/h2*3-5,8H,6-7H2,1-2H3;2*3-5,7H,6H2,1-2H3. The van der Waals surface area contributed by atoms with Crippen molar-refractivity contribution in [2.45, 2.75) is 105 Å². The summed E-state index contributed by atoms with van der Waals surface area (Å²) in [4.78, 5) is 0. The summed E-state index contributed by atoms with van der Waals surface area (Å²) in [6, 6.07) is 25.3. The molecule has 4 aromatic carbocycles. The van der Waals surface area contributed by atoms with Crippen molar-refractivity contribution >= 4 is 0 Å². The zero-order valence-corrected chi connectivity index (χ0v) is 29.9. The molecule has 4 heterocycles. The molecular formula is C42H52O6. The molecule has 0 fully saturated rings. The third kappa shape index (κ3) is 8.72. The molecule has 8 rings (SSSR count). The van der Waals surface area contributed by atoms with Gasteiger partial charge >= 0.3 is 0 Å². The van der Waals surface area contributed by atoms with Gasteiger partial charge < -0.3 is 28.4 Å². The molecule has 0 bridgehead atoms. The highest BCUT2D eigenvalue weighted by Crippen LogP contribution is 2.39. The predicted octanol–water partition coefficient (Wildman–Crippen LogP) is 10.8. The Labute approximate surface area is 287 Å². The van der Waals surface area contributed by atoms with Crippen LogP contribution < -0.4 is 18.9 Å². The Morgan fingerprint density at radius 3 is 1.77 bits per heavy atom. The lowest BCUT2D eigenvalue weighted by Crippen LogP contribution is -1.95. The number of fused-ring (bicyclic) bond motifs is 4. The van der Waals surface area contributed by atoms with Gasteiger partial charge in [-0.1, -0.05) is 110 Å². The van der Waals surface area contributed by atoms with Gasteiger partial charge in [0.2, 0.25) is 13.6 Å². The van der Waals surface area contributed by atoms with Crippen LogP contribution in [0.5, 0.6) is 23.0 Å². The molecule has 0 N–H and O–H groups in total. The van der Waals surface area contributed by atoms with E-state index >= 15 is 0 Å². The van der Waals surface area contributed by atoms with Crippen molar-refractivity contribution in [1.29, 1.82) is 0 Å². The van der Waals surface area contributed by atoms with Gasteiger partial charge in [-0.15, -0.1) is 0 Å². The normalized spacial score (nSPS) is 14.6. The summed E-state index contributed by atoms with van der Waals surface area (Å²) in [5, 5.41) is 0. The SMILES string of the molecule is CC(C)c1ccc2c(c1)COC2.CC(C)c1ccc2c(c1)OCO2.CC(C)c1cccc2c1COC2.CC(C)c1cccc2c1OCO2. The van der Waals surface area contributed by atoms with E-state index in [0.29, 0.717) is 37.3 Å². The molecule has 0 saturated carbocycles. The lowest BCUT2D eigenvalue weighted by atomic mass is 9.95. The maximum Gasteiger partial charge on any atom is 0.231 e. The van der Waals surface area contributed by atoms with Crippen molar-refractivity contribution in [3.05, 3.63) is 117 Å². The molecule has 4 aromatic rings. The third-order valence-corrected chi connectivity index (χ3v) is 8.96. The van der Waals surface area contributed by atoms with Crippen molar-refractivity contribution in [2.75, 3.05) is 13.6 Å². The van der Waals surface area contributed by atoms with Gasteiger partial charge in [-0.3, -0.25) is 0 Å². The van der Waals surface area contributed by atoms with Crippen molar-refractivity contribution in [1.82, 2.24) is 0 Å². The topological polar surface area (TPSA) is 55.4 Å². The van der Waals surface area contributed by atoms with Crippen LogP contribution in [-0.4, -0.2) is 13.6 Å². The van der Waals surface area contributed by atoms with Gasteiger partial charge in [0.05, 0.1) is 26.4 Å². The van der Waals surface area contributed by atoms with Crippen LogP contribution in [-0.2, 0) is 35.9 Å². The second-order valence-corrected chi connectivity index (χ2v) is 13.8. The first-order valence-corrected chi connectivity index (χ1v) is 17.3. The highest BCUT2D eigenvalue weighted by molar-refractivity contribution is 5.49. The van der Waals surface area contributed by atoms with E-state index < -0.39 is 0 Å². The maximum atomic E-state index is 5.41. The van der Waals surface area contributed by atoms with Crippen LogP contribution in [0.25, 0.3) is 0 Å². The minimum Gasteiger partial charge on any atom is -0.454 e. The molecule has 6 nitrogen and oxygen atoms in total. The Kier molecular flexibility index (Phi) is 12.1. The number of rotatable bonds is 4. The monoisotopic (exact) mass is 652 g/mol. The zero-order valence-electron chi connectivity index (χ0n) is 29.9. The van der Waals surface area contributed by atoms with Gasteiger partial charge in [0, 0.05) is 5.56 Å². The van der Waals surface area contributed by atoms with E-state index in [-0.39, 0.29) is 0 Å². The average Bonchev–Trinajstić information content (AvgIpc) is 3.90. The van der Waals surface area contributed by atoms with Crippen molar-refractivity contribution in [3.63, 3.8) is 0 Å². The summed E-state index contributed by atoms with van der Waals surface area (Å²) in [5.74, 6) is 5.80. The predicted molar refractivity (Wildman–Crippen MR) is 191 cm³/mol. The van der Waals surface area contributed by atoms with E-state index in [2.05, 4.69) is 104 Å². The second-order valence-electron chi connectivity index (χ2n) is 13.8. The quantitative estimate of drug-likeness (QED) is 0.219. The van der Waals surface area contributed by atoms with E-state index in [0.717, 1.165) is 49.4 Å². The lowest BCUT2D eigenvalue weighted by Gasteiger charge is -2.09. The van der Waals surface area contributed by atoms with E-state index in [4.69, 9.17) is 28.4 Å². The number of benzene rings is 4. The van der Waals surface area contributed by atoms with Gasteiger partial charge in [0.25, 0.3) is 0 Å². The van der Waals surface area contributed by atoms with Crippen molar-refractivity contribution in [3.8, 4) is 23.0 Å². The van der Waals surface area contributed by atoms with Crippen LogP contribution in [0.15, 0.2) is 72.8 Å². The Morgan fingerprint density at radius 2 is 1.02 bits per heavy atom. The molecule has 4 aliphatic heterocycles. The largest absolute Gasteiger partial charge is 0.454 e. The van der Waals surface area contributed by atoms with Gasteiger partial charge in [0.15, 0.2) is 23.0 Å². The van der Waals surface area contributed by atoms with Crippen LogP contribution >= 0.6 is 0 Å². The lowest BCUT2D eigenvalue weighted by molar-refractivity contribution is 0.134. The Balaban J connectivity index is 0.000000125. The maximum absolute atomic E-state index is 5.41. The molecule has 256 valence electrons. The fraction of sp³-hybridized carbons (Fsp3) is 0.429. The van der Waals surface area contributed by atoms with Crippen molar-refractivity contribution < 1.29 is 28.4 Å². The Bertz CT molecular complexity index is 1530. The highest BCUT2D eigenvalue weighted by Gasteiger charge is 2.19. The smallest absolute Gasteiger partial charge is 0.231 e. The zero-order chi connectivity index (χ0) is 34.2. The summed E-state index contributed by atoms with van der Waals surface area (Å²) in [7, 11) is 0. The van der Waals surface area contributed by atoms with Crippen LogP contribution in [0, 0.1) is 0 Å². The van der Waals surface area contributed by atoms with E-state index in [9.17, 15) is 0 Å². The molecule has 0 unspecified atom stereocenters. The first kappa shape index (κ1) is 35.3. The fourth-order valence-corrected chi connectivity index (χ4v) is 6.00. The first-order valence-electron chi connectivity index (χ1n) is 17.3. The molecule has 6 heteroatoms. The van der Waals surface area contributed by atoms with Gasteiger partial charge in [-0.05, 0) is 80.8 Å². The number of ether oxygens (including phenoxy) is 6. The minimum atomic E-state index is 0.358. The Morgan fingerprint density at radius 1 is 0.438 bits per heavy atom. The molecule has 0 aromatic heterocycles.